The van der Waals surface area contributed by atoms with Crippen LogP contribution in [0.25, 0.3) is 10.4 Å². The van der Waals surface area contributed by atoms with Crippen molar-refractivity contribution in [2.45, 2.75) is 55.9 Å². The summed E-state index contributed by atoms with van der Waals surface area (Å²) in [5.74, 6) is 4.40. The lowest BCUT2D eigenvalue weighted by atomic mass is 9.74. The second-order valence-electron chi connectivity index (χ2n) is 12.2. The number of aliphatic hydroxyl groups is 2. The molecule has 11 heteroatoms. The molecule has 0 saturated carbocycles. The summed E-state index contributed by atoms with van der Waals surface area (Å²) in [7, 11) is 0. The highest BCUT2D eigenvalue weighted by Crippen LogP contribution is 2.44. The van der Waals surface area contributed by atoms with Crippen molar-refractivity contribution in [3.8, 4) is 11.8 Å². The van der Waals surface area contributed by atoms with Gasteiger partial charge in [-0.25, -0.2) is 0 Å². The summed E-state index contributed by atoms with van der Waals surface area (Å²) in [6.07, 6.45) is -2.65. The van der Waals surface area contributed by atoms with E-state index in [-0.39, 0.29) is 49.5 Å². The van der Waals surface area contributed by atoms with Crippen molar-refractivity contribution in [3.05, 3.63) is 117 Å². The fourth-order valence-corrected chi connectivity index (χ4v) is 6.77. The van der Waals surface area contributed by atoms with Crippen molar-refractivity contribution in [2.75, 3.05) is 26.2 Å². The molecule has 236 valence electrons. The summed E-state index contributed by atoms with van der Waals surface area (Å²) in [5, 5.41) is 24.2. The number of azide groups is 1. The number of rotatable bonds is 9. The number of amides is 2. The van der Waals surface area contributed by atoms with Crippen LogP contribution in [-0.4, -0.2) is 94.3 Å². The third kappa shape index (κ3) is 6.15. The zero-order valence-corrected chi connectivity index (χ0v) is 25.6. The first-order chi connectivity index (χ1) is 22.2. The number of carbonyl (C=O) groups is 2. The van der Waals surface area contributed by atoms with Crippen LogP contribution < -0.4 is 0 Å². The summed E-state index contributed by atoms with van der Waals surface area (Å²) < 4.78 is 12.1. The predicted molar refractivity (Wildman–Crippen MR) is 169 cm³/mol. The SMILES string of the molecule is CC1(C)O[C@H]([C@H](O)CO)[C@H](CN2[C@H](CN3C(=O)c4ccccc4C3=O)[C@H](c3ccc(C#Cc4ccccc4)cc3)[C@@H]2CN=[N+]=[N-])O1. The molecule has 0 aromatic heterocycles. The average molecular weight is 622 g/mol. The maximum atomic E-state index is 13.4. The lowest BCUT2D eigenvalue weighted by Gasteiger charge is -2.57. The Morgan fingerprint density at radius 2 is 1.50 bits per heavy atom. The minimum atomic E-state index is -1.18. The Balaban J connectivity index is 1.33. The van der Waals surface area contributed by atoms with E-state index in [0.29, 0.717) is 11.1 Å². The van der Waals surface area contributed by atoms with Crippen LogP contribution >= 0.6 is 0 Å². The number of hydrogen-bond acceptors (Lipinski definition) is 8. The van der Waals surface area contributed by atoms with Crippen LogP contribution in [0.5, 0.6) is 0 Å². The Morgan fingerprint density at radius 1 is 0.891 bits per heavy atom. The van der Waals surface area contributed by atoms with Gasteiger partial charge in [-0.2, -0.15) is 0 Å². The van der Waals surface area contributed by atoms with Crippen LogP contribution in [-0.2, 0) is 9.47 Å². The number of imide groups is 1. The highest BCUT2D eigenvalue weighted by atomic mass is 16.8. The van der Waals surface area contributed by atoms with E-state index in [2.05, 4.69) is 26.8 Å². The first-order valence-corrected chi connectivity index (χ1v) is 15.2. The van der Waals surface area contributed by atoms with Gasteiger partial charge < -0.3 is 19.7 Å². The first kappa shape index (κ1) is 31.5. The Bertz CT molecular complexity index is 1680. The number of carbonyl (C=O) groups excluding carboxylic acids is 2. The Labute approximate surface area is 267 Å². The zero-order chi connectivity index (χ0) is 32.4. The highest BCUT2D eigenvalue weighted by Gasteiger charge is 2.54. The number of aliphatic hydroxyl groups excluding tert-OH is 2. The van der Waals surface area contributed by atoms with Gasteiger partial charge in [0.1, 0.15) is 18.3 Å². The lowest BCUT2D eigenvalue weighted by molar-refractivity contribution is -0.160. The number of benzene rings is 3. The topological polar surface area (TPSA) is 148 Å². The number of fused-ring (bicyclic) bond motifs is 1. The number of ether oxygens (including phenoxy) is 2. The maximum absolute atomic E-state index is 13.4. The van der Waals surface area contributed by atoms with Crippen LogP contribution in [0, 0.1) is 11.8 Å². The molecule has 3 aromatic rings. The normalized spacial score (nSPS) is 25.7. The predicted octanol–water partition coefficient (Wildman–Crippen LogP) is 3.70. The van der Waals surface area contributed by atoms with Crippen LogP contribution in [0.4, 0.5) is 0 Å². The maximum Gasteiger partial charge on any atom is 0.261 e. The van der Waals surface area contributed by atoms with E-state index in [1.807, 2.05) is 54.6 Å². The zero-order valence-electron chi connectivity index (χ0n) is 25.6. The smallest absolute Gasteiger partial charge is 0.261 e. The number of hydrogen-bond donors (Lipinski definition) is 2. The quantitative estimate of drug-likeness (QED) is 0.122. The summed E-state index contributed by atoms with van der Waals surface area (Å²) in [5.41, 5.74) is 12.7. The van der Waals surface area contributed by atoms with Crippen molar-refractivity contribution >= 4 is 11.8 Å². The standard InChI is InChI=1S/C35H35N5O6/c1-35(2)45-30(32(46-35)29(42)21-41)20-39-27(18-37-38-36)31(24-16-14-23(15-17-24)13-12-22-8-4-3-5-9-22)28(39)19-40-33(43)25-10-6-7-11-26(25)34(40)44/h3-11,14-17,27-32,41-42H,18-21H2,1-2H3/t27-,28+,29+,30-,31+,32+/m0/s1. The third-order valence-electron chi connectivity index (χ3n) is 8.86. The molecule has 3 aromatic carbocycles. The molecular weight excluding hydrogens is 586 g/mol. The second-order valence-corrected chi connectivity index (χ2v) is 12.2. The van der Waals surface area contributed by atoms with Gasteiger partial charge in [0.15, 0.2) is 5.79 Å². The molecule has 3 heterocycles. The summed E-state index contributed by atoms with van der Waals surface area (Å²) in [6, 6.07) is 23.6. The summed E-state index contributed by atoms with van der Waals surface area (Å²) >= 11 is 0. The van der Waals surface area contributed by atoms with E-state index in [1.54, 1.807) is 38.1 Å². The molecule has 2 saturated heterocycles. The first-order valence-electron chi connectivity index (χ1n) is 15.2. The second kappa shape index (κ2) is 13.1. The van der Waals surface area contributed by atoms with Gasteiger partial charge in [-0.05, 0) is 61.3 Å². The molecule has 11 nitrogen and oxygen atoms in total. The van der Waals surface area contributed by atoms with Crippen LogP contribution in [0.15, 0.2) is 84.0 Å². The van der Waals surface area contributed by atoms with Gasteiger partial charge >= 0.3 is 0 Å². The van der Waals surface area contributed by atoms with Gasteiger partial charge in [-0.15, -0.1) is 0 Å². The summed E-state index contributed by atoms with van der Waals surface area (Å²) in [6.45, 7) is 3.41. The van der Waals surface area contributed by atoms with Crippen LogP contribution in [0.2, 0.25) is 0 Å². The van der Waals surface area contributed by atoms with Crippen molar-refractivity contribution in [3.63, 3.8) is 0 Å². The van der Waals surface area contributed by atoms with Crippen molar-refractivity contribution in [2.24, 2.45) is 5.11 Å². The molecule has 2 fully saturated rings. The monoisotopic (exact) mass is 621 g/mol. The molecule has 3 aliphatic rings. The molecule has 2 amide bonds. The number of likely N-dealkylation sites (tertiary alicyclic amines) is 1. The Morgan fingerprint density at radius 3 is 2.11 bits per heavy atom. The van der Waals surface area contributed by atoms with E-state index < -0.39 is 30.7 Å². The molecule has 0 bridgehead atoms. The minimum absolute atomic E-state index is 0.0868. The Kier molecular flexibility index (Phi) is 8.93. The van der Waals surface area contributed by atoms with Crippen LogP contribution in [0.3, 0.4) is 0 Å². The van der Waals surface area contributed by atoms with Crippen molar-refractivity contribution in [1.82, 2.24) is 9.80 Å². The molecule has 0 spiro atoms. The lowest BCUT2D eigenvalue weighted by Crippen LogP contribution is -2.68. The van der Waals surface area contributed by atoms with Gasteiger partial charge in [-0.1, -0.05) is 59.4 Å². The van der Waals surface area contributed by atoms with Crippen LogP contribution in [0.1, 0.15) is 57.2 Å². The van der Waals surface area contributed by atoms with Crippen molar-refractivity contribution < 1.29 is 29.3 Å². The van der Waals surface area contributed by atoms with E-state index >= 15 is 0 Å². The van der Waals surface area contributed by atoms with Gasteiger partial charge in [0.25, 0.3) is 11.8 Å². The van der Waals surface area contributed by atoms with Gasteiger partial charge in [0.05, 0.1) is 17.7 Å². The Hall–Kier alpha value is -4.53. The van der Waals surface area contributed by atoms with E-state index in [1.165, 1.54) is 4.90 Å². The van der Waals surface area contributed by atoms with E-state index in [0.717, 1.165) is 16.7 Å². The van der Waals surface area contributed by atoms with E-state index in [4.69, 9.17) is 9.47 Å². The molecule has 0 unspecified atom stereocenters. The molecule has 2 N–H and O–H groups in total. The van der Waals surface area contributed by atoms with Gasteiger partial charge in [-0.3, -0.25) is 19.4 Å². The van der Waals surface area contributed by atoms with Crippen molar-refractivity contribution in [1.29, 1.82) is 0 Å². The summed E-state index contributed by atoms with van der Waals surface area (Å²) in [4.78, 5) is 33.2. The van der Waals surface area contributed by atoms with Gasteiger partial charge in [0.2, 0.25) is 0 Å². The fraction of sp³-hybridized carbons (Fsp3) is 0.371. The van der Waals surface area contributed by atoms with E-state index in [9.17, 15) is 25.3 Å². The molecule has 0 radical (unpaired) electrons. The molecule has 46 heavy (non-hydrogen) atoms. The molecular formula is C35H35N5O6. The molecule has 0 aliphatic carbocycles. The average Bonchev–Trinajstić information content (AvgIpc) is 3.51. The highest BCUT2D eigenvalue weighted by molar-refractivity contribution is 6.21. The minimum Gasteiger partial charge on any atom is -0.394 e. The third-order valence-corrected chi connectivity index (χ3v) is 8.86. The number of nitrogens with zero attached hydrogens (tertiary/aromatic N) is 5. The van der Waals surface area contributed by atoms with Gasteiger partial charge in [0, 0.05) is 53.7 Å². The molecule has 6 rings (SSSR count). The largest absolute Gasteiger partial charge is 0.394 e. The molecule has 6 atom stereocenters. The molecule has 3 aliphatic heterocycles. The fourth-order valence-electron chi connectivity index (χ4n) is 6.77.